The highest BCUT2D eigenvalue weighted by atomic mass is 16.6. The first kappa shape index (κ1) is 20.3. The van der Waals surface area contributed by atoms with Crippen LogP contribution in [-0.4, -0.2) is 29.0 Å². The van der Waals surface area contributed by atoms with Crippen LogP contribution in [0.4, 0.5) is 0 Å². The van der Waals surface area contributed by atoms with E-state index in [-0.39, 0.29) is 5.57 Å². The van der Waals surface area contributed by atoms with Gasteiger partial charge in [-0.25, -0.2) is 4.79 Å². The van der Waals surface area contributed by atoms with E-state index in [4.69, 9.17) is 4.74 Å². The molecule has 0 fully saturated rings. The van der Waals surface area contributed by atoms with Crippen LogP contribution in [0.15, 0.2) is 96.6 Å². The van der Waals surface area contributed by atoms with Crippen molar-refractivity contribution < 1.29 is 19.1 Å². The second-order valence-corrected chi connectivity index (χ2v) is 7.07. The summed E-state index contributed by atoms with van der Waals surface area (Å²) in [6.07, 6.45) is -0.834. The lowest BCUT2D eigenvalue weighted by molar-refractivity contribution is -0.161. The molecule has 3 aromatic carbocycles. The molecule has 0 radical (unpaired) electrons. The third kappa shape index (κ3) is 3.90. The highest BCUT2D eigenvalue weighted by molar-refractivity contribution is 6.51. The molecule has 154 valence electrons. The van der Waals surface area contributed by atoms with E-state index in [0.717, 1.165) is 0 Å². The quantitative estimate of drug-likeness (QED) is 0.269. The van der Waals surface area contributed by atoms with Crippen molar-refractivity contribution in [1.29, 1.82) is 0 Å². The average Bonchev–Trinajstić information content (AvgIpc) is 2.94. The molecule has 1 unspecified atom stereocenters. The highest BCUT2D eigenvalue weighted by Crippen LogP contribution is 2.37. The number of hydrogen-bond acceptors (Lipinski definition) is 5. The molecule has 0 bridgehead atoms. The van der Waals surface area contributed by atoms with Gasteiger partial charge in [-0.3, -0.25) is 9.59 Å². The van der Waals surface area contributed by atoms with Gasteiger partial charge in [-0.2, -0.15) is 0 Å². The molecule has 5 nitrogen and oxygen atoms in total. The summed E-state index contributed by atoms with van der Waals surface area (Å²) >= 11 is 0. The van der Waals surface area contributed by atoms with Gasteiger partial charge in [-0.15, -0.1) is 0 Å². The number of benzene rings is 3. The maximum Gasteiger partial charge on any atom is 0.382 e. The van der Waals surface area contributed by atoms with Gasteiger partial charge < -0.3 is 9.64 Å². The first-order chi connectivity index (χ1) is 15.1. The lowest BCUT2D eigenvalue weighted by atomic mass is 9.94. The Morgan fingerprint density at radius 2 is 1.39 bits per heavy atom. The number of rotatable bonds is 5. The van der Waals surface area contributed by atoms with Crippen LogP contribution in [0.1, 0.15) is 34.6 Å². The van der Waals surface area contributed by atoms with Gasteiger partial charge in [0.1, 0.15) is 5.57 Å². The lowest BCUT2D eigenvalue weighted by Gasteiger charge is -2.33. The topological polar surface area (TPSA) is 63.7 Å². The van der Waals surface area contributed by atoms with Gasteiger partial charge in [0, 0.05) is 17.7 Å². The van der Waals surface area contributed by atoms with Gasteiger partial charge in [0.05, 0.1) is 5.70 Å². The Labute approximate surface area is 180 Å². The van der Waals surface area contributed by atoms with Gasteiger partial charge in [0.2, 0.25) is 6.23 Å². The highest BCUT2D eigenvalue weighted by Gasteiger charge is 2.40. The molecule has 0 amide bonds. The molecule has 1 aliphatic heterocycles. The zero-order valence-corrected chi connectivity index (χ0v) is 17.0. The summed E-state index contributed by atoms with van der Waals surface area (Å²) in [5.41, 5.74) is 1.93. The van der Waals surface area contributed by atoms with Crippen LogP contribution in [0.5, 0.6) is 0 Å². The Morgan fingerprint density at radius 1 is 0.839 bits per heavy atom. The van der Waals surface area contributed by atoms with Crippen molar-refractivity contribution >= 4 is 23.2 Å². The van der Waals surface area contributed by atoms with Crippen LogP contribution in [0, 0.1) is 0 Å². The van der Waals surface area contributed by atoms with E-state index in [1.165, 1.54) is 0 Å². The Bertz CT molecular complexity index is 1140. The Balaban J connectivity index is 1.99. The Kier molecular flexibility index (Phi) is 5.76. The number of Topliss-reactive ketones (excluding diaryl/α,β-unsaturated/α-hetero) is 2. The predicted octanol–water partition coefficient (Wildman–Crippen LogP) is 4.43. The Hall–Kier alpha value is -3.99. The van der Waals surface area contributed by atoms with Gasteiger partial charge in [-0.05, 0) is 12.5 Å². The molecule has 3 aromatic rings. The first-order valence-corrected chi connectivity index (χ1v) is 10.1. The summed E-state index contributed by atoms with van der Waals surface area (Å²) in [6.45, 7) is 2.31. The van der Waals surface area contributed by atoms with Crippen LogP contribution >= 0.6 is 0 Å². The molecular weight excluding hydrogens is 390 g/mol. The van der Waals surface area contributed by atoms with Gasteiger partial charge in [-0.1, -0.05) is 91.0 Å². The zero-order chi connectivity index (χ0) is 21.8. The monoisotopic (exact) mass is 411 g/mol. The van der Waals surface area contributed by atoms with Crippen LogP contribution in [0.3, 0.4) is 0 Å². The van der Waals surface area contributed by atoms with E-state index in [0.29, 0.717) is 28.9 Å². The van der Waals surface area contributed by atoms with Crippen molar-refractivity contribution in [3.05, 3.63) is 113 Å². The number of esters is 1. The van der Waals surface area contributed by atoms with E-state index in [1.54, 1.807) is 35.2 Å². The fourth-order valence-corrected chi connectivity index (χ4v) is 3.73. The number of nitrogens with zero attached hydrogens (tertiary/aromatic N) is 1. The van der Waals surface area contributed by atoms with Crippen LogP contribution < -0.4 is 0 Å². The Morgan fingerprint density at radius 3 is 1.97 bits per heavy atom. The minimum absolute atomic E-state index is 0.178. The van der Waals surface area contributed by atoms with Crippen molar-refractivity contribution in [3.63, 3.8) is 0 Å². The maximum absolute atomic E-state index is 13.5. The van der Waals surface area contributed by atoms with Gasteiger partial charge in [0.25, 0.3) is 5.78 Å². The van der Waals surface area contributed by atoms with Gasteiger partial charge >= 0.3 is 5.97 Å². The van der Waals surface area contributed by atoms with E-state index >= 15 is 0 Å². The fourth-order valence-electron chi connectivity index (χ4n) is 3.73. The van der Waals surface area contributed by atoms with E-state index in [2.05, 4.69) is 0 Å². The second-order valence-electron chi connectivity index (χ2n) is 7.07. The van der Waals surface area contributed by atoms with Crippen molar-refractivity contribution in [2.75, 3.05) is 6.54 Å². The predicted molar refractivity (Wildman–Crippen MR) is 117 cm³/mol. The molecule has 1 atom stereocenters. The smallest absolute Gasteiger partial charge is 0.382 e. The summed E-state index contributed by atoms with van der Waals surface area (Å²) in [4.78, 5) is 41.3. The van der Waals surface area contributed by atoms with E-state index < -0.39 is 23.8 Å². The summed E-state index contributed by atoms with van der Waals surface area (Å²) in [6, 6.07) is 26.9. The molecule has 0 aromatic heterocycles. The molecule has 0 N–H and O–H groups in total. The van der Waals surface area contributed by atoms with Crippen LogP contribution in [0.25, 0.3) is 5.70 Å². The SMILES string of the molecule is CCN1C(c2ccccc2)=C(C(=O)c2ccccc2)C(=O)C(=O)OC1c1ccccc1. The molecule has 0 aliphatic carbocycles. The normalized spacial score (nSPS) is 16.7. The fraction of sp³-hybridized carbons (Fsp3) is 0.115. The third-order valence-electron chi connectivity index (χ3n) is 5.17. The number of carbonyl (C=O) groups excluding carboxylic acids is 3. The standard InChI is InChI=1S/C26H21NO4/c1-2-27-22(18-12-6-3-7-13-18)21(23(28)19-14-8-4-9-15-19)24(29)26(30)31-25(27)20-16-10-5-11-17-20/h3-17,25H,2H2,1H3. The molecule has 5 heteroatoms. The molecular formula is C26H21NO4. The summed E-state index contributed by atoms with van der Waals surface area (Å²) in [7, 11) is 0. The average molecular weight is 411 g/mol. The number of cyclic esters (lactones) is 1. The van der Waals surface area contributed by atoms with Crippen molar-refractivity contribution in [2.45, 2.75) is 13.2 Å². The van der Waals surface area contributed by atoms with Gasteiger partial charge in [0.15, 0.2) is 5.78 Å². The van der Waals surface area contributed by atoms with E-state index in [9.17, 15) is 14.4 Å². The minimum Gasteiger partial charge on any atom is -0.431 e. The summed E-state index contributed by atoms with van der Waals surface area (Å²) < 4.78 is 5.62. The van der Waals surface area contributed by atoms with Crippen LogP contribution in [0.2, 0.25) is 0 Å². The molecule has 0 saturated carbocycles. The molecule has 0 saturated heterocycles. The molecule has 4 rings (SSSR count). The van der Waals surface area contributed by atoms with Crippen molar-refractivity contribution in [2.24, 2.45) is 0 Å². The second kappa shape index (κ2) is 8.79. The van der Waals surface area contributed by atoms with Crippen molar-refractivity contribution in [1.82, 2.24) is 4.90 Å². The molecule has 1 aliphatic rings. The third-order valence-corrected chi connectivity index (χ3v) is 5.17. The molecule has 31 heavy (non-hydrogen) atoms. The lowest BCUT2D eigenvalue weighted by Crippen LogP contribution is -2.29. The minimum atomic E-state index is -1.04. The maximum atomic E-state index is 13.5. The van der Waals surface area contributed by atoms with Crippen LogP contribution in [-0.2, 0) is 14.3 Å². The number of carbonyl (C=O) groups is 3. The summed E-state index contributed by atoms with van der Waals surface area (Å²) in [5, 5.41) is 0. The molecule has 1 heterocycles. The number of ketones is 2. The number of hydrogen-bond donors (Lipinski definition) is 0. The van der Waals surface area contributed by atoms with E-state index in [1.807, 2.05) is 67.6 Å². The zero-order valence-electron chi connectivity index (χ0n) is 17.0. The van der Waals surface area contributed by atoms with Crippen molar-refractivity contribution in [3.8, 4) is 0 Å². The first-order valence-electron chi connectivity index (χ1n) is 10.1. The molecule has 0 spiro atoms. The summed E-state index contributed by atoms with van der Waals surface area (Å²) in [5.74, 6) is -2.49. The number of ether oxygens (including phenoxy) is 1. The largest absolute Gasteiger partial charge is 0.431 e.